The van der Waals surface area contributed by atoms with Crippen LogP contribution in [0.2, 0.25) is 0 Å². The second-order valence-corrected chi connectivity index (χ2v) is 4.22. The second-order valence-electron chi connectivity index (χ2n) is 4.22. The molecule has 0 fully saturated rings. The van der Waals surface area contributed by atoms with E-state index in [1.54, 1.807) is 0 Å². The van der Waals surface area contributed by atoms with Crippen molar-refractivity contribution in [2.45, 2.75) is 0 Å². The first kappa shape index (κ1) is 14.8. The van der Waals surface area contributed by atoms with Crippen molar-refractivity contribution in [3.8, 4) is 17.0 Å². The van der Waals surface area contributed by atoms with Crippen molar-refractivity contribution in [2.24, 2.45) is 7.05 Å². The fraction of sp³-hybridized carbons (Fsp3) is 0.143. The largest absolute Gasteiger partial charge is 0.505 e. The summed E-state index contributed by atoms with van der Waals surface area (Å²) in [5.74, 6) is -4.95. The average Bonchev–Trinajstić information content (AvgIpc) is 2.46. The SMILES string of the molecule is COC(=O)c1ccc(F)c(-c2c(F)ccc(O)c2F)[n+]1C. The van der Waals surface area contributed by atoms with Gasteiger partial charge in [-0.15, -0.1) is 0 Å². The summed E-state index contributed by atoms with van der Waals surface area (Å²) in [6.07, 6.45) is 0. The third kappa shape index (κ3) is 2.42. The maximum absolute atomic E-state index is 14.0. The van der Waals surface area contributed by atoms with Gasteiger partial charge in [-0.05, 0) is 18.2 Å². The summed E-state index contributed by atoms with van der Waals surface area (Å²) in [4.78, 5) is 11.6. The fourth-order valence-electron chi connectivity index (χ4n) is 1.98. The van der Waals surface area contributed by atoms with E-state index >= 15 is 0 Å². The molecule has 0 aliphatic heterocycles. The van der Waals surface area contributed by atoms with E-state index < -0.39 is 40.4 Å². The summed E-state index contributed by atoms with van der Waals surface area (Å²) < 4.78 is 47.2. The second kappa shape index (κ2) is 5.43. The molecule has 0 atom stereocenters. The Bertz CT molecular complexity index is 732. The Labute approximate surface area is 118 Å². The van der Waals surface area contributed by atoms with Crippen LogP contribution in [0.15, 0.2) is 24.3 Å². The summed E-state index contributed by atoms with van der Waals surface area (Å²) in [5, 5.41) is 9.33. The summed E-state index contributed by atoms with van der Waals surface area (Å²) >= 11 is 0. The molecule has 0 saturated carbocycles. The van der Waals surface area contributed by atoms with Crippen molar-refractivity contribution in [1.82, 2.24) is 0 Å². The molecule has 110 valence electrons. The molecule has 1 N–H and O–H groups in total. The minimum absolute atomic E-state index is 0.101. The number of aromatic hydroxyl groups is 1. The topological polar surface area (TPSA) is 50.4 Å². The van der Waals surface area contributed by atoms with E-state index in [1.807, 2.05) is 0 Å². The first-order valence-corrected chi connectivity index (χ1v) is 5.82. The maximum Gasteiger partial charge on any atom is 0.403 e. The number of rotatable bonds is 2. The van der Waals surface area contributed by atoms with E-state index in [-0.39, 0.29) is 5.69 Å². The van der Waals surface area contributed by atoms with Crippen molar-refractivity contribution < 1.29 is 32.4 Å². The molecule has 4 nitrogen and oxygen atoms in total. The summed E-state index contributed by atoms with van der Waals surface area (Å²) in [6, 6.07) is 3.64. The lowest BCUT2D eigenvalue weighted by Crippen LogP contribution is -2.40. The van der Waals surface area contributed by atoms with Crippen LogP contribution in [0.5, 0.6) is 5.75 Å². The fourth-order valence-corrected chi connectivity index (χ4v) is 1.98. The van der Waals surface area contributed by atoms with E-state index in [2.05, 4.69) is 4.74 Å². The number of ether oxygens (including phenoxy) is 1. The zero-order valence-electron chi connectivity index (χ0n) is 11.2. The predicted octanol–water partition coefficient (Wildman–Crippen LogP) is 2.09. The third-order valence-electron chi connectivity index (χ3n) is 3.01. The van der Waals surface area contributed by atoms with Crippen molar-refractivity contribution in [3.63, 3.8) is 0 Å². The Morgan fingerprint density at radius 1 is 1.14 bits per heavy atom. The number of benzene rings is 1. The number of phenols is 1. The smallest absolute Gasteiger partial charge is 0.403 e. The number of halogens is 3. The van der Waals surface area contributed by atoms with Crippen molar-refractivity contribution in [3.05, 3.63) is 47.4 Å². The zero-order chi connectivity index (χ0) is 15.7. The van der Waals surface area contributed by atoms with Crippen LogP contribution in [-0.4, -0.2) is 18.2 Å². The third-order valence-corrected chi connectivity index (χ3v) is 3.01. The van der Waals surface area contributed by atoms with Crippen molar-refractivity contribution in [1.29, 1.82) is 0 Å². The van der Waals surface area contributed by atoms with Gasteiger partial charge in [0.2, 0.25) is 0 Å². The Hall–Kier alpha value is -2.57. The molecule has 0 radical (unpaired) electrons. The lowest BCUT2D eigenvalue weighted by atomic mass is 10.1. The molecule has 1 aromatic carbocycles. The number of phenolic OH excluding ortho intramolecular Hbond substituents is 1. The standard InChI is InChI=1S/C14H10F3NO3/c1-18-9(14(20)21-2)5-3-8(16)13(18)11-7(15)4-6-10(19)12(11)17/h3-6H,1-2H3/p+1. The zero-order valence-corrected chi connectivity index (χ0v) is 11.2. The molecule has 7 heteroatoms. The van der Waals surface area contributed by atoms with Crippen LogP contribution < -0.4 is 4.57 Å². The van der Waals surface area contributed by atoms with Gasteiger partial charge in [-0.3, -0.25) is 0 Å². The number of esters is 1. The molecule has 2 aromatic rings. The van der Waals surface area contributed by atoms with Crippen LogP contribution in [0.3, 0.4) is 0 Å². The van der Waals surface area contributed by atoms with E-state index in [1.165, 1.54) is 7.05 Å². The quantitative estimate of drug-likeness (QED) is 0.682. The Morgan fingerprint density at radius 3 is 2.38 bits per heavy atom. The van der Waals surface area contributed by atoms with Gasteiger partial charge < -0.3 is 9.84 Å². The molecule has 0 saturated heterocycles. The van der Waals surface area contributed by atoms with Gasteiger partial charge in [0, 0.05) is 6.07 Å². The van der Waals surface area contributed by atoms with E-state index in [4.69, 9.17) is 0 Å². The van der Waals surface area contributed by atoms with Crippen LogP contribution in [0.1, 0.15) is 10.5 Å². The molecule has 1 aromatic heterocycles. The molecule has 0 amide bonds. The number of methoxy groups -OCH3 is 1. The average molecular weight is 298 g/mol. The van der Waals surface area contributed by atoms with Gasteiger partial charge in [-0.1, -0.05) is 0 Å². The molecule has 0 unspecified atom stereocenters. The minimum atomic E-state index is -1.31. The highest BCUT2D eigenvalue weighted by molar-refractivity contribution is 5.85. The van der Waals surface area contributed by atoms with Crippen molar-refractivity contribution in [2.75, 3.05) is 7.11 Å². The molecule has 2 rings (SSSR count). The Morgan fingerprint density at radius 2 is 1.76 bits per heavy atom. The van der Waals surface area contributed by atoms with E-state index in [0.717, 1.165) is 35.9 Å². The lowest BCUT2D eigenvalue weighted by molar-refractivity contribution is -0.664. The van der Waals surface area contributed by atoms with Gasteiger partial charge >= 0.3 is 5.97 Å². The molecular weight excluding hydrogens is 287 g/mol. The number of hydrogen-bond acceptors (Lipinski definition) is 3. The van der Waals surface area contributed by atoms with Crippen LogP contribution in [0.25, 0.3) is 11.3 Å². The molecule has 0 spiro atoms. The first-order chi connectivity index (χ1) is 9.88. The number of carbonyl (C=O) groups is 1. The van der Waals surface area contributed by atoms with Crippen molar-refractivity contribution >= 4 is 5.97 Å². The number of pyridine rings is 1. The highest BCUT2D eigenvalue weighted by Gasteiger charge is 2.30. The molecule has 0 bridgehead atoms. The van der Waals surface area contributed by atoms with Gasteiger partial charge in [0.25, 0.3) is 11.4 Å². The highest BCUT2D eigenvalue weighted by Crippen LogP contribution is 2.30. The number of carbonyl (C=O) groups excluding carboxylic acids is 1. The van der Waals surface area contributed by atoms with E-state index in [0.29, 0.717) is 0 Å². The van der Waals surface area contributed by atoms with Crippen LogP contribution in [0, 0.1) is 17.5 Å². The highest BCUT2D eigenvalue weighted by atomic mass is 19.1. The van der Waals surface area contributed by atoms with Crippen LogP contribution >= 0.6 is 0 Å². The molecule has 1 heterocycles. The number of aromatic nitrogens is 1. The van der Waals surface area contributed by atoms with Gasteiger partial charge in [-0.2, -0.15) is 8.96 Å². The van der Waals surface area contributed by atoms with Crippen LogP contribution in [-0.2, 0) is 11.8 Å². The van der Waals surface area contributed by atoms with Gasteiger partial charge in [0.15, 0.2) is 17.4 Å². The van der Waals surface area contributed by atoms with Crippen LogP contribution in [0.4, 0.5) is 13.2 Å². The maximum atomic E-state index is 14.0. The number of hydrogen-bond donors (Lipinski definition) is 1. The van der Waals surface area contributed by atoms with Gasteiger partial charge in [0.1, 0.15) is 18.4 Å². The summed E-state index contributed by atoms with van der Waals surface area (Å²) in [6.45, 7) is 0. The molecule has 21 heavy (non-hydrogen) atoms. The Kier molecular flexibility index (Phi) is 3.84. The number of nitrogens with zero attached hydrogens (tertiary/aromatic N) is 1. The first-order valence-electron chi connectivity index (χ1n) is 5.82. The summed E-state index contributed by atoms with van der Waals surface area (Å²) in [5.41, 5.74) is -1.37. The molecule has 0 aliphatic rings. The Balaban J connectivity index is 2.82. The minimum Gasteiger partial charge on any atom is -0.505 e. The van der Waals surface area contributed by atoms with Gasteiger partial charge in [0.05, 0.1) is 7.11 Å². The predicted molar refractivity (Wildman–Crippen MR) is 65.9 cm³/mol. The molecular formula is C14H11F3NO3+. The van der Waals surface area contributed by atoms with E-state index in [9.17, 15) is 23.1 Å². The molecule has 0 aliphatic carbocycles. The van der Waals surface area contributed by atoms with Gasteiger partial charge in [-0.25, -0.2) is 13.6 Å². The lowest BCUT2D eigenvalue weighted by Gasteiger charge is -2.08. The summed E-state index contributed by atoms with van der Waals surface area (Å²) in [7, 11) is 2.38. The normalized spacial score (nSPS) is 10.5. The monoisotopic (exact) mass is 298 g/mol.